The lowest BCUT2D eigenvalue weighted by molar-refractivity contribution is 0.340. The standard InChI is InChI=1S/C13H13ClN4O/c1-2-19-11-5-3-10(4-6-11)9-15-17-13-8-7-12(14)16-18-13/h3-9H,2H2,1H3,(H,17,18)/b15-9-. The molecule has 1 aromatic heterocycles. The molecule has 19 heavy (non-hydrogen) atoms. The second kappa shape index (κ2) is 6.70. The quantitative estimate of drug-likeness (QED) is 0.674. The number of nitrogens with zero attached hydrogens (tertiary/aromatic N) is 3. The van der Waals surface area contributed by atoms with E-state index < -0.39 is 0 Å². The highest BCUT2D eigenvalue weighted by Gasteiger charge is 1.94. The van der Waals surface area contributed by atoms with Crippen LogP contribution in [0, 0.1) is 0 Å². The van der Waals surface area contributed by atoms with E-state index >= 15 is 0 Å². The van der Waals surface area contributed by atoms with Gasteiger partial charge in [-0.1, -0.05) is 11.6 Å². The van der Waals surface area contributed by atoms with Crippen LogP contribution in [-0.2, 0) is 0 Å². The minimum atomic E-state index is 0.348. The number of hydrogen-bond acceptors (Lipinski definition) is 5. The van der Waals surface area contributed by atoms with Crippen molar-refractivity contribution in [2.45, 2.75) is 6.92 Å². The summed E-state index contributed by atoms with van der Waals surface area (Å²) in [5, 5.41) is 11.9. The number of hydrogen-bond donors (Lipinski definition) is 1. The van der Waals surface area contributed by atoms with Crippen LogP contribution >= 0.6 is 11.6 Å². The number of benzene rings is 1. The van der Waals surface area contributed by atoms with Crippen LogP contribution in [0.2, 0.25) is 5.15 Å². The van der Waals surface area contributed by atoms with Crippen LogP contribution in [0.3, 0.4) is 0 Å². The summed E-state index contributed by atoms with van der Waals surface area (Å²) in [4.78, 5) is 0. The zero-order chi connectivity index (χ0) is 13.5. The van der Waals surface area contributed by atoms with Gasteiger partial charge >= 0.3 is 0 Å². The van der Waals surface area contributed by atoms with Crippen molar-refractivity contribution in [3.8, 4) is 5.75 Å². The molecule has 5 nitrogen and oxygen atoms in total. The largest absolute Gasteiger partial charge is 0.494 e. The monoisotopic (exact) mass is 276 g/mol. The Morgan fingerprint density at radius 3 is 2.63 bits per heavy atom. The fraction of sp³-hybridized carbons (Fsp3) is 0.154. The minimum Gasteiger partial charge on any atom is -0.494 e. The fourth-order valence-electron chi connectivity index (χ4n) is 1.37. The number of ether oxygens (including phenoxy) is 1. The normalized spacial score (nSPS) is 10.6. The summed E-state index contributed by atoms with van der Waals surface area (Å²) in [5.74, 6) is 1.38. The van der Waals surface area contributed by atoms with Crippen molar-refractivity contribution in [2.75, 3.05) is 12.0 Å². The predicted octanol–water partition coefficient (Wildman–Crippen LogP) is 2.97. The zero-order valence-corrected chi connectivity index (χ0v) is 11.1. The molecule has 1 heterocycles. The van der Waals surface area contributed by atoms with E-state index in [1.807, 2.05) is 31.2 Å². The number of aromatic nitrogens is 2. The van der Waals surface area contributed by atoms with Crippen molar-refractivity contribution in [3.63, 3.8) is 0 Å². The van der Waals surface area contributed by atoms with Crippen molar-refractivity contribution < 1.29 is 4.74 Å². The second-order valence-electron chi connectivity index (χ2n) is 3.61. The second-order valence-corrected chi connectivity index (χ2v) is 4.00. The highest BCUT2D eigenvalue weighted by molar-refractivity contribution is 6.29. The maximum atomic E-state index is 5.63. The summed E-state index contributed by atoms with van der Waals surface area (Å²) in [6.45, 7) is 2.61. The van der Waals surface area contributed by atoms with Gasteiger partial charge in [0.15, 0.2) is 11.0 Å². The van der Waals surface area contributed by atoms with Gasteiger partial charge in [0.05, 0.1) is 12.8 Å². The van der Waals surface area contributed by atoms with E-state index in [0.29, 0.717) is 17.6 Å². The van der Waals surface area contributed by atoms with E-state index in [1.165, 1.54) is 0 Å². The molecule has 0 unspecified atom stereocenters. The Balaban J connectivity index is 1.93. The third-order valence-electron chi connectivity index (χ3n) is 2.22. The van der Waals surface area contributed by atoms with E-state index in [9.17, 15) is 0 Å². The molecule has 2 rings (SSSR count). The SMILES string of the molecule is CCOc1ccc(/C=N\Nc2ccc(Cl)nn2)cc1. The molecule has 0 bridgehead atoms. The maximum absolute atomic E-state index is 5.63. The highest BCUT2D eigenvalue weighted by Crippen LogP contribution is 2.11. The Morgan fingerprint density at radius 1 is 1.21 bits per heavy atom. The molecule has 0 saturated heterocycles. The molecule has 6 heteroatoms. The molecule has 0 amide bonds. The average molecular weight is 277 g/mol. The first-order valence-corrected chi connectivity index (χ1v) is 6.17. The van der Waals surface area contributed by atoms with E-state index in [1.54, 1.807) is 18.3 Å². The van der Waals surface area contributed by atoms with Crippen LogP contribution in [0.4, 0.5) is 5.82 Å². The molecular formula is C13H13ClN4O. The first-order valence-electron chi connectivity index (χ1n) is 5.79. The van der Waals surface area contributed by atoms with Crippen molar-refractivity contribution in [2.24, 2.45) is 5.10 Å². The number of rotatable bonds is 5. The summed E-state index contributed by atoms with van der Waals surface area (Å²) in [6, 6.07) is 11.0. The van der Waals surface area contributed by atoms with Gasteiger partial charge in [-0.05, 0) is 48.9 Å². The smallest absolute Gasteiger partial charge is 0.168 e. The number of hydrazone groups is 1. The van der Waals surface area contributed by atoms with Crippen molar-refractivity contribution in [1.29, 1.82) is 0 Å². The van der Waals surface area contributed by atoms with Crippen LogP contribution in [-0.4, -0.2) is 23.0 Å². The summed E-state index contributed by atoms with van der Waals surface area (Å²) in [5.41, 5.74) is 3.72. The molecule has 0 atom stereocenters. The molecular weight excluding hydrogens is 264 g/mol. The Bertz CT molecular complexity index is 540. The molecule has 0 saturated carbocycles. The van der Waals surface area contributed by atoms with Crippen LogP contribution in [0.25, 0.3) is 0 Å². The van der Waals surface area contributed by atoms with E-state index in [2.05, 4.69) is 20.7 Å². The van der Waals surface area contributed by atoms with Gasteiger partial charge in [0, 0.05) is 0 Å². The Morgan fingerprint density at radius 2 is 2.00 bits per heavy atom. The van der Waals surface area contributed by atoms with Crippen LogP contribution < -0.4 is 10.2 Å². The minimum absolute atomic E-state index is 0.348. The molecule has 1 N–H and O–H groups in total. The predicted molar refractivity (Wildman–Crippen MR) is 75.9 cm³/mol. The van der Waals surface area contributed by atoms with Gasteiger partial charge in [-0.25, -0.2) is 0 Å². The van der Waals surface area contributed by atoms with E-state index in [4.69, 9.17) is 16.3 Å². The Kier molecular flexibility index (Phi) is 4.69. The van der Waals surface area contributed by atoms with Crippen LogP contribution in [0.1, 0.15) is 12.5 Å². The summed E-state index contributed by atoms with van der Waals surface area (Å²) < 4.78 is 5.35. The molecule has 0 aliphatic carbocycles. The van der Waals surface area contributed by atoms with Crippen molar-refractivity contribution in [1.82, 2.24) is 10.2 Å². The van der Waals surface area contributed by atoms with E-state index in [-0.39, 0.29) is 0 Å². The molecule has 1 aromatic carbocycles. The Hall–Kier alpha value is -2.14. The maximum Gasteiger partial charge on any atom is 0.168 e. The number of halogens is 1. The fourth-order valence-corrected chi connectivity index (χ4v) is 1.47. The molecule has 0 spiro atoms. The highest BCUT2D eigenvalue weighted by atomic mass is 35.5. The van der Waals surface area contributed by atoms with Gasteiger partial charge in [-0.15, -0.1) is 10.2 Å². The third-order valence-corrected chi connectivity index (χ3v) is 2.42. The lowest BCUT2D eigenvalue weighted by Crippen LogP contribution is -1.95. The van der Waals surface area contributed by atoms with Gasteiger partial charge in [0.25, 0.3) is 0 Å². The van der Waals surface area contributed by atoms with Gasteiger partial charge < -0.3 is 4.74 Å². The number of nitrogens with one attached hydrogen (secondary N) is 1. The first-order chi connectivity index (χ1) is 9.28. The molecule has 2 aromatic rings. The zero-order valence-electron chi connectivity index (χ0n) is 10.4. The summed E-state index contributed by atoms with van der Waals surface area (Å²) in [7, 11) is 0. The van der Waals surface area contributed by atoms with Crippen molar-refractivity contribution >= 4 is 23.6 Å². The van der Waals surface area contributed by atoms with Crippen LogP contribution in [0.15, 0.2) is 41.5 Å². The average Bonchev–Trinajstić information content (AvgIpc) is 2.43. The topological polar surface area (TPSA) is 59.4 Å². The molecule has 0 fully saturated rings. The van der Waals surface area contributed by atoms with E-state index in [0.717, 1.165) is 11.3 Å². The van der Waals surface area contributed by atoms with Gasteiger partial charge in [0.1, 0.15) is 5.75 Å². The molecule has 0 radical (unpaired) electrons. The van der Waals surface area contributed by atoms with Crippen LogP contribution in [0.5, 0.6) is 5.75 Å². The summed E-state index contributed by atoms with van der Waals surface area (Å²) >= 11 is 5.63. The number of anilines is 1. The third kappa shape index (κ3) is 4.22. The molecule has 98 valence electrons. The Labute approximate surface area is 116 Å². The lowest BCUT2D eigenvalue weighted by atomic mass is 10.2. The lowest BCUT2D eigenvalue weighted by Gasteiger charge is -2.02. The molecule has 0 aliphatic heterocycles. The first kappa shape index (κ1) is 13.3. The summed E-state index contributed by atoms with van der Waals surface area (Å²) in [6.07, 6.45) is 1.69. The van der Waals surface area contributed by atoms with Gasteiger partial charge in [0.2, 0.25) is 0 Å². The van der Waals surface area contributed by atoms with Gasteiger partial charge in [-0.2, -0.15) is 5.10 Å². The van der Waals surface area contributed by atoms with Gasteiger partial charge in [-0.3, -0.25) is 5.43 Å². The van der Waals surface area contributed by atoms with Crippen molar-refractivity contribution in [3.05, 3.63) is 47.1 Å². The molecule has 0 aliphatic rings.